The highest BCUT2D eigenvalue weighted by Crippen LogP contribution is 2.50. The molecule has 1 N–H and O–H groups in total. The summed E-state index contributed by atoms with van der Waals surface area (Å²) in [5.41, 5.74) is 1.69. The van der Waals surface area contributed by atoms with Crippen molar-refractivity contribution < 1.29 is 4.39 Å². The first-order valence-electron chi connectivity index (χ1n) is 7.13. The van der Waals surface area contributed by atoms with E-state index < -0.39 is 0 Å². The monoisotopic (exact) mass is 247 g/mol. The van der Waals surface area contributed by atoms with E-state index in [4.69, 9.17) is 0 Å². The van der Waals surface area contributed by atoms with Crippen molar-refractivity contribution in [2.75, 3.05) is 13.1 Å². The lowest BCUT2D eigenvalue weighted by molar-refractivity contribution is 0.163. The van der Waals surface area contributed by atoms with Gasteiger partial charge in [-0.1, -0.05) is 31.9 Å². The molecule has 0 amide bonds. The van der Waals surface area contributed by atoms with Gasteiger partial charge in [0, 0.05) is 12.5 Å². The molecule has 1 nitrogen and oxygen atoms in total. The molecule has 18 heavy (non-hydrogen) atoms. The van der Waals surface area contributed by atoms with Gasteiger partial charge in [-0.25, -0.2) is 4.39 Å². The van der Waals surface area contributed by atoms with E-state index in [-0.39, 0.29) is 5.82 Å². The van der Waals surface area contributed by atoms with Crippen LogP contribution in [0.15, 0.2) is 24.3 Å². The van der Waals surface area contributed by atoms with Gasteiger partial charge in [0.15, 0.2) is 0 Å². The lowest BCUT2D eigenvalue weighted by Gasteiger charge is -2.42. The molecule has 3 rings (SSSR count). The van der Waals surface area contributed by atoms with Gasteiger partial charge < -0.3 is 5.32 Å². The number of hydrogen-bond acceptors (Lipinski definition) is 1. The number of nitrogens with one attached hydrogen (secondary N) is 1. The molecule has 2 heteroatoms. The zero-order chi connectivity index (χ0) is 12.6. The summed E-state index contributed by atoms with van der Waals surface area (Å²) in [6, 6.07) is 7.14. The van der Waals surface area contributed by atoms with E-state index >= 15 is 0 Å². The van der Waals surface area contributed by atoms with Gasteiger partial charge in [0.2, 0.25) is 0 Å². The van der Waals surface area contributed by atoms with Crippen molar-refractivity contribution in [3.8, 4) is 0 Å². The standard InChI is InChI=1S/C16H22FN/c1-16(10-12-2-3-12)8-9-18-11-15(16)13-4-6-14(17)7-5-13/h4-7,12,15,18H,2-3,8-11H2,1H3. The summed E-state index contributed by atoms with van der Waals surface area (Å²) < 4.78 is 13.1. The van der Waals surface area contributed by atoms with Crippen LogP contribution in [0, 0.1) is 17.2 Å². The van der Waals surface area contributed by atoms with Crippen LogP contribution in [0.3, 0.4) is 0 Å². The molecule has 0 bridgehead atoms. The molecule has 1 saturated carbocycles. The molecule has 0 aromatic heterocycles. The van der Waals surface area contributed by atoms with Gasteiger partial charge in [0.25, 0.3) is 0 Å². The number of piperidine rings is 1. The van der Waals surface area contributed by atoms with Crippen molar-refractivity contribution in [3.63, 3.8) is 0 Å². The fourth-order valence-corrected chi connectivity index (χ4v) is 3.48. The van der Waals surface area contributed by atoms with Crippen LogP contribution >= 0.6 is 0 Å². The highest BCUT2D eigenvalue weighted by molar-refractivity contribution is 5.24. The smallest absolute Gasteiger partial charge is 0.123 e. The molecule has 0 radical (unpaired) electrons. The summed E-state index contributed by atoms with van der Waals surface area (Å²) in [5.74, 6) is 1.36. The van der Waals surface area contributed by atoms with Crippen LogP contribution in [-0.2, 0) is 0 Å². The van der Waals surface area contributed by atoms with Crippen LogP contribution in [0.2, 0.25) is 0 Å². The Balaban J connectivity index is 1.83. The van der Waals surface area contributed by atoms with Gasteiger partial charge in [-0.05, 0) is 48.4 Å². The maximum Gasteiger partial charge on any atom is 0.123 e. The van der Waals surface area contributed by atoms with Crippen molar-refractivity contribution in [1.82, 2.24) is 5.32 Å². The first-order valence-corrected chi connectivity index (χ1v) is 7.13. The normalized spacial score (nSPS) is 32.4. The molecule has 1 aliphatic carbocycles. The van der Waals surface area contributed by atoms with Crippen molar-refractivity contribution in [1.29, 1.82) is 0 Å². The average molecular weight is 247 g/mol. The van der Waals surface area contributed by atoms with Crippen molar-refractivity contribution in [2.24, 2.45) is 11.3 Å². The average Bonchev–Trinajstić information content (AvgIpc) is 3.14. The maximum absolute atomic E-state index is 13.1. The fraction of sp³-hybridized carbons (Fsp3) is 0.625. The van der Waals surface area contributed by atoms with E-state index in [1.54, 1.807) is 12.1 Å². The highest BCUT2D eigenvalue weighted by Gasteiger charge is 2.41. The van der Waals surface area contributed by atoms with Crippen molar-refractivity contribution in [3.05, 3.63) is 35.6 Å². The minimum Gasteiger partial charge on any atom is -0.316 e. The third kappa shape index (κ3) is 2.44. The highest BCUT2D eigenvalue weighted by atomic mass is 19.1. The molecule has 98 valence electrons. The van der Waals surface area contributed by atoms with E-state index in [9.17, 15) is 4.39 Å². The van der Waals surface area contributed by atoms with Crippen LogP contribution in [0.4, 0.5) is 4.39 Å². The van der Waals surface area contributed by atoms with Crippen LogP contribution in [-0.4, -0.2) is 13.1 Å². The van der Waals surface area contributed by atoms with Crippen LogP contribution in [0.5, 0.6) is 0 Å². The zero-order valence-electron chi connectivity index (χ0n) is 11.1. The molecule has 1 aromatic rings. The Morgan fingerprint density at radius 3 is 2.67 bits per heavy atom. The van der Waals surface area contributed by atoms with Gasteiger partial charge in [-0.15, -0.1) is 0 Å². The first kappa shape index (κ1) is 12.2. The molecule has 0 spiro atoms. The van der Waals surface area contributed by atoms with Crippen molar-refractivity contribution in [2.45, 2.75) is 38.5 Å². The number of rotatable bonds is 3. The van der Waals surface area contributed by atoms with Gasteiger partial charge in [-0.2, -0.15) is 0 Å². The van der Waals surface area contributed by atoms with E-state index in [0.717, 1.165) is 19.0 Å². The predicted molar refractivity (Wildman–Crippen MR) is 72.1 cm³/mol. The number of hydrogen-bond donors (Lipinski definition) is 1. The van der Waals surface area contributed by atoms with Gasteiger partial charge in [0.05, 0.1) is 0 Å². The Morgan fingerprint density at radius 1 is 1.28 bits per heavy atom. The molecule has 2 atom stereocenters. The Kier molecular flexibility index (Phi) is 3.14. The maximum atomic E-state index is 13.1. The van der Waals surface area contributed by atoms with E-state index in [1.807, 2.05) is 12.1 Å². The Morgan fingerprint density at radius 2 is 2.00 bits per heavy atom. The second kappa shape index (κ2) is 4.65. The molecule has 2 unspecified atom stereocenters. The second-order valence-corrected chi connectivity index (χ2v) is 6.36. The summed E-state index contributed by atoms with van der Waals surface area (Å²) in [7, 11) is 0. The molecule has 1 heterocycles. The lowest BCUT2D eigenvalue weighted by atomic mass is 9.66. The lowest BCUT2D eigenvalue weighted by Crippen LogP contribution is -2.42. The summed E-state index contributed by atoms with van der Waals surface area (Å²) >= 11 is 0. The molecular weight excluding hydrogens is 225 g/mol. The van der Waals surface area contributed by atoms with Crippen LogP contribution in [0.25, 0.3) is 0 Å². The van der Waals surface area contributed by atoms with Gasteiger partial charge in [-0.3, -0.25) is 0 Å². The Hall–Kier alpha value is -0.890. The summed E-state index contributed by atoms with van der Waals surface area (Å²) in [4.78, 5) is 0. The number of halogens is 1. The van der Waals surface area contributed by atoms with E-state index in [2.05, 4.69) is 12.2 Å². The van der Waals surface area contributed by atoms with Crippen LogP contribution < -0.4 is 5.32 Å². The van der Waals surface area contributed by atoms with Crippen molar-refractivity contribution >= 4 is 0 Å². The van der Waals surface area contributed by atoms with E-state index in [0.29, 0.717) is 11.3 Å². The predicted octanol–water partition coefficient (Wildman–Crippen LogP) is 3.71. The Bertz CT molecular complexity index is 410. The minimum atomic E-state index is -0.133. The van der Waals surface area contributed by atoms with Gasteiger partial charge >= 0.3 is 0 Å². The number of benzene rings is 1. The van der Waals surface area contributed by atoms with Gasteiger partial charge in [0.1, 0.15) is 5.82 Å². The second-order valence-electron chi connectivity index (χ2n) is 6.36. The molecule has 1 saturated heterocycles. The third-order valence-electron chi connectivity index (χ3n) is 4.79. The molecule has 1 aromatic carbocycles. The largest absolute Gasteiger partial charge is 0.316 e. The summed E-state index contributed by atoms with van der Waals surface area (Å²) in [6.07, 6.45) is 5.42. The molecule has 1 aliphatic heterocycles. The molecular formula is C16H22FN. The minimum absolute atomic E-state index is 0.133. The topological polar surface area (TPSA) is 12.0 Å². The van der Waals surface area contributed by atoms with Crippen LogP contribution in [0.1, 0.15) is 44.1 Å². The Labute approximate surface area is 109 Å². The van der Waals surface area contributed by atoms with E-state index in [1.165, 1.54) is 31.2 Å². The summed E-state index contributed by atoms with van der Waals surface area (Å²) in [5, 5.41) is 3.50. The third-order valence-corrected chi connectivity index (χ3v) is 4.79. The quantitative estimate of drug-likeness (QED) is 0.858. The molecule has 2 fully saturated rings. The zero-order valence-corrected chi connectivity index (χ0v) is 11.1. The molecule has 2 aliphatic rings. The SMILES string of the molecule is CC1(CC2CC2)CCNCC1c1ccc(F)cc1. The fourth-order valence-electron chi connectivity index (χ4n) is 3.48. The summed E-state index contributed by atoms with van der Waals surface area (Å²) in [6.45, 7) is 4.59. The first-order chi connectivity index (χ1) is 8.67.